The van der Waals surface area contributed by atoms with E-state index in [4.69, 9.17) is 9.15 Å². The molecule has 7 nitrogen and oxygen atoms in total. The van der Waals surface area contributed by atoms with Gasteiger partial charge in [-0.05, 0) is 51.3 Å². The lowest BCUT2D eigenvalue weighted by atomic mass is 10.1. The van der Waals surface area contributed by atoms with Crippen LogP contribution in [0.4, 0.5) is 4.79 Å². The van der Waals surface area contributed by atoms with Crippen LogP contribution in [0, 0.1) is 0 Å². The van der Waals surface area contributed by atoms with E-state index in [-0.39, 0.29) is 24.6 Å². The second-order valence-corrected chi connectivity index (χ2v) is 9.01. The molecule has 1 aliphatic heterocycles. The minimum absolute atomic E-state index is 0.0185. The fraction of sp³-hybridized carbons (Fsp3) is 0.500. The maximum absolute atomic E-state index is 13.3. The van der Waals surface area contributed by atoms with Gasteiger partial charge in [0.15, 0.2) is 0 Å². The molecule has 2 aromatic rings. The standard InChI is InChI=1S/C24H33N3O4/c1-24(2,3)25-23(29)27(17-21-12-8-14-31-21)18-22(28)26(16-20-11-7-13-30-20)15-19-9-5-4-6-10-19/h4-7,9-11,13,21H,8,12,14-18H2,1-3H3,(H,25,29)/t21-/m1/s1. The Morgan fingerprint density at radius 3 is 2.45 bits per heavy atom. The third kappa shape index (κ3) is 7.43. The van der Waals surface area contributed by atoms with Crippen LogP contribution in [0.3, 0.4) is 0 Å². The first kappa shape index (κ1) is 22.9. The molecule has 1 fully saturated rings. The van der Waals surface area contributed by atoms with E-state index in [1.165, 1.54) is 0 Å². The Morgan fingerprint density at radius 1 is 1.06 bits per heavy atom. The summed E-state index contributed by atoms with van der Waals surface area (Å²) in [6.45, 7) is 7.64. The average molecular weight is 428 g/mol. The highest BCUT2D eigenvalue weighted by atomic mass is 16.5. The Hall–Kier alpha value is -2.80. The molecule has 0 radical (unpaired) electrons. The summed E-state index contributed by atoms with van der Waals surface area (Å²) in [7, 11) is 0. The molecule has 1 aliphatic rings. The van der Waals surface area contributed by atoms with Gasteiger partial charge in [-0.25, -0.2) is 4.79 Å². The predicted molar refractivity (Wildman–Crippen MR) is 118 cm³/mol. The quantitative estimate of drug-likeness (QED) is 0.695. The molecule has 1 saturated heterocycles. The molecule has 3 rings (SSSR count). The molecule has 7 heteroatoms. The number of benzene rings is 1. The first-order chi connectivity index (χ1) is 14.8. The molecule has 0 spiro atoms. The molecular weight excluding hydrogens is 394 g/mol. The third-order valence-electron chi connectivity index (χ3n) is 5.04. The van der Waals surface area contributed by atoms with Gasteiger partial charge in [-0.15, -0.1) is 0 Å². The summed E-state index contributed by atoms with van der Waals surface area (Å²) in [6, 6.07) is 13.2. The number of hydrogen-bond acceptors (Lipinski definition) is 4. The van der Waals surface area contributed by atoms with Crippen LogP contribution in [0.2, 0.25) is 0 Å². The van der Waals surface area contributed by atoms with Crippen molar-refractivity contribution in [1.82, 2.24) is 15.1 Å². The first-order valence-corrected chi connectivity index (χ1v) is 10.8. The molecule has 168 valence electrons. The number of nitrogens with one attached hydrogen (secondary N) is 1. The highest BCUT2D eigenvalue weighted by Crippen LogP contribution is 2.16. The fourth-order valence-electron chi connectivity index (χ4n) is 3.54. The molecule has 1 aromatic heterocycles. The second kappa shape index (κ2) is 10.5. The Kier molecular flexibility index (Phi) is 7.74. The molecule has 0 saturated carbocycles. The van der Waals surface area contributed by atoms with Crippen LogP contribution in [0.15, 0.2) is 53.1 Å². The summed E-state index contributed by atoms with van der Waals surface area (Å²) in [5, 5.41) is 2.97. The Balaban J connectivity index is 1.74. The van der Waals surface area contributed by atoms with Crippen molar-refractivity contribution in [3.8, 4) is 0 Å². The van der Waals surface area contributed by atoms with Gasteiger partial charge in [0.2, 0.25) is 5.91 Å². The molecular formula is C24H33N3O4. The number of hydrogen-bond donors (Lipinski definition) is 1. The van der Waals surface area contributed by atoms with Crippen LogP contribution in [0.5, 0.6) is 0 Å². The van der Waals surface area contributed by atoms with E-state index in [2.05, 4.69) is 5.32 Å². The van der Waals surface area contributed by atoms with Gasteiger partial charge in [0.25, 0.3) is 0 Å². The fourth-order valence-corrected chi connectivity index (χ4v) is 3.54. The summed E-state index contributed by atoms with van der Waals surface area (Å²) < 4.78 is 11.2. The van der Waals surface area contributed by atoms with Crippen molar-refractivity contribution in [2.45, 2.75) is 58.3 Å². The van der Waals surface area contributed by atoms with Crippen LogP contribution in [-0.4, -0.2) is 53.1 Å². The van der Waals surface area contributed by atoms with Crippen LogP contribution >= 0.6 is 0 Å². The molecule has 0 unspecified atom stereocenters. The van der Waals surface area contributed by atoms with Gasteiger partial charge in [-0.3, -0.25) is 4.79 Å². The molecule has 31 heavy (non-hydrogen) atoms. The van der Waals surface area contributed by atoms with E-state index in [0.717, 1.165) is 18.4 Å². The summed E-state index contributed by atoms with van der Waals surface area (Å²) in [6.07, 6.45) is 3.44. The Morgan fingerprint density at radius 2 is 1.84 bits per heavy atom. The zero-order valence-electron chi connectivity index (χ0n) is 18.7. The Bertz CT molecular complexity index is 824. The van der Waals surface area contributed by atoms with Gasteiger partial charge in [-0.1, -0.05) is 30.3 Å². The number of amides is 3. The summed E-state index contributed by atoms with van der Waals surface area (Å²) in [5.74, 6) is 0.566. The van der Waals surface area contributed by atoms with Gasteiger partial charge in [-0.2, -0.15) is 0 Å². The van der Waals surface area contributed by atoms with Gasteiger partial charge < -0.3 is 24.3 Å². The number of rotatable bonds is 8. The van der Waals surface area contributed by atoms with Crippen molar-refractivity contribution in [3.63, 3.8) is 0 Å². The second-order valence-electron chi connectivity index (χ2n) is 9.01. The zero-order valence-corrected chi connectivity index (χ0v) is 18.7. The minimum Gasteiger partial charge on any atom is -0.467 e. The van der Waals surface area contributed by atoms with Gasteiger partial charge in [0.1, 0.15) is 12.3 Å². The lowest BCUT2D eigenvalue weighted by Crippen LogP contribution is -2.53. The van der Waals surface area contributed by atoms with Crippen molar-refractivity contribution in [1.29, 1.82) is 0 Å². The largest absolute Gasteiger partial charge is 0.467 e. The van der Waals surface area contributed by atoms with Crippen molar-refractivity contribution >= 4 is 11.9 Å². The van der Waals surface area contributed by atoms with Crippen LogP contribution in [0.1, 0.15) is 44.9 Å². The molecule has 1 aromatic carbocycles. The van der Waals surface area contributed by atoms with Gasteiger partial charge >= 0.3 is 6.03 Å². The number of furan rings is 1. The number of carbonyl (C=O) groups is 2. The van der Waals surface area contributed by atoms with Crippen molar-refractivity contribution in [2.75, 3.05) is 19.7 Å². The van der Waals surface area contributed by atoms with E-state index in [1.54, 1.807) is 22.1 Å². The molecule has 2 heterocycles. The van der Waals surface area contributed by atoms with E-state index in [1.807, 2.05) is 57.2 Å². The highest BCUT2D eigenvalue weighted by Gasteiger charge is 2.28. The van der Waals surface area contributed by atoms with E-state index in [0.29, 0.717) is 32.0 Å². The number of urea groups is 1. The Labute approximate surface area is 184 Å². The lowest BCUT2D eigenvalue weighted by Gasteiger charge is -2.31. The maximum Gasteiger partial charge on any atom is 0.318 e. The molecule has 3 amide bonds. The molecule has 1 atom stereocenters. The molecule has 1 N–H and O–H groups in total. The van der Waals surface area contributed by atoms with Crippen LogP contribution in [0.25, 0.3) is 0 Å². The average Bonchev–Trinajstić information content (AvgIpc) is 3.40. The molecule has 0 bridgehead atoms. The topological polar surface area (TPSA) is 75.0 Å². The van der Waals surface area contributed by atoms with Gasteiger partial charge in [0, 0.05) is 25.2 Å². The minimum atomic E-state index is -0.396. The van der Waals surface area contributed by atoms with E-state index < -0.39 is 5.54 Å². The number of ether oxygens (including phenoxy) is 1. The monoisotopic (exact) mass is 427 g/mol. The lowest BCUT2D eigenvalue weighted by molar-refractivity contribution is -0.133. The smallest absolute Gasteiger partial charge is 0.318 e. The summed E-state index contributed by atoms with van der Waals surface area (Å²) in [4.78, 5) is 29.6. The summed E-state index contributed by atoms with van der Waals surface area (Å²) in [5.41, 5.74) is 0.625. The number of carbonyl (C=O) groups excluding carboxylic acids is 2. The summed E-state index contributed by atoms with van der Waals surface area (Å²) >= 11 is 0. The van der Waals surface area contributed by atoms with Gasteiger partial charge in [0.05, 0.1) is 18.9 Å². The maximum atomic E-state index is 13.3. The number of nitrogens with zero attached hydrogens (tertiary/aromatic N) is 2. The first-order valence-electron chi connectivity index (χ1n) is 10.8. The van der Waals surface area contributed by atoms with E-state index in [9.17, 15) is 9.59 Å². The van der Waals surface area contributed by atoms with Crippen LogP contribution in [-0.2, 0) is 22.6 Å². The SMILES string of the molecule is CC(C)(C)NC(=O)N(CC(=O)N(Cc1ccccc1)Cc1ccco1)C[C@H]1CCCO1. The third-order valence-corrected chi connectivity index (χ3v) is 5.04. The van der Waals surface area contributed by atoms with E-state index >= 15 is 0 Å². The zero-order chi connectivity index (χ0) is 22.3. The normalized spacial score (nSPS) is 16.2. The van der Waals surface area contributed by atoms with Crippen molar-refractivity contribution < 1.29 is 18.7 Å². The highest BCUT2D eigenvalue weighted by molar-refractivity contribution is 5.84. The molecule has 0 aliphatic carbocycles. The predicted octanol–water partition coefficient (Wildman–Crippen LogP) is 3.80. The van der Waals surface area contributed by atoms with Crippen molar-refractivity contribution in [3.05, 3.63) is 60.1 Å². The van der Waals surface area contributed by atoms with Crippen molar-refractivity contribution in [2.24, 2.45) is 0 Å². The van der Waals surface area contributed by atoms with Crippen LogP contribution < -0.4 is 5.32 Å².